The lowest BCUT2D eigenvalue weighted by molar-refractivity contribution is -0.138. The molecule has 1 atom stereocenters. The maximum atomic E-state index is 12.0. The summed E-state index contributed by atoms with van der Waals surface area (Å²) in [6.45, 7) is 6.80. The van der Waals surface area contributed by atoms with Crippen LogP contribution in [0.25, 0.3) is 0 Å². The molecule has 0 aliphatic heterocycles. The Bertz CT molecular complexity index is 254. The van der Waals surface area contributed by atoms with Crippen molar-refractivity contribution in [3.05, 3.63) is 0 Å². The van der Waals surface area contributed by atoms with E-state index < -0.39 is 5.97 Å². The van der Waals surface area contributed by atoms with Crippen molar-refractivity contribution < 1.29 is 14.7 Å². The number of carbonyl (C=O) groups excluding carboxylic acids is 1. The number of hydrogen-bond donors (Lipinski definition) is 2. The molecule has 0 bridgehead atoms. The molecule has 0 aliphatic carbocycles. The summed E-state index contributed by atoms with van der Waals surface area (Å²) >= 11 is 0. The van der Waals surface area contributed by atoms with E-state index in [0.717, 1.165) is 0 Å². The summed E-state index contributed by atoms with van der Waals surface area (Å²) in [5.74, 6) is -0.594. The third-order valence-corrected chi connectivity index (χ3v) is 2.66. The third kappa shape index (κ3) is 6.94. The molecule has 3 N–H and O–H groups in total. The first-order valence-electron chi connectivity index (χ1n) is 6.09. The highest BCUT2D eigenvalue weighted by atomic mass is 16.4. The molecule has 0 aromatic rings. The van der Waals surface area contributed by atoms with Gasteiger partial charge in [-0.05, 0) is 32.7 Å². The van der Waals surface area contributed by atoms with E-state index in [1.807, 2.05) is 20.8 Å². The van der Waals surface area contributed by atoms with E-state index in [1.54, 1.807) is 4.90 Å². The minimum atomic E-state index is -0.823. The molecule has 0 aliphatic rings. The Labute approximate surface area is 103 Å². The number of carboxylic acids is 1. The van der Waals surface area contributed by atoms with Crippen LogP contribution in [-0.2, 0) is 9.59 Å². The van der Waals surface area contributed by atoms with Gasteiger partial charge in [0.2, 0.25) is 5.91 Å². The molecule has 0 aromatic heterocycles. The Morgan fingerprint density at radius 1 is 1.29 bits per heavy atom. The minimum absolute atomic E-state index is 0.0586. The number of hydrogen-bond acceptors (Lipinski definition) is 3. The van der Waals surface area contributed by atoms with E-state index in [2.05, 4.69) is 0 Å². The van der Waals surface area contributed by atoms with Crippen molar-refractivity contribution in [3.63, 3.8) is 0 Å². The summed E-state index contributed by atoms with van der Waals surface area (Å²) in [6.07, 6.45) is 1.03. The Kier molecular flexibility index (Phi) is 7.54. The summed E-state index contributed by atoms with van der Waals surface area (Å²) in [5.41, 5.74) is 5.49. The fraction of sp³-hybridized carbons (Fsp3) is 0.833. The van der Waals surface area contributed by atoms with Gasteiger partial charge in [-0.25, -0.2) is 0 Å². The molecule has 0 fully saturated rings. The van der Waals surface area contributed by atoms with Crippen LogP contribution >= 0.6 is 0 Å². The highest BCUT2D eigenvalue weighted by Crippen LogP contribution is 2.09. The molecule has 0 heterocycles. The molecule has 0 radical (unpaired) electrons. The molecule has 0 spiro atoms. The molecule has 5 nitrogen and oxygen atoms in total. The molecule has 1 unspecified atom stereocenters. The highest BCUT2D eigenvalue weighted by molar-refractivity contribution is 5.76. The number of rotatable bonds is 8. The predicted molar refractivity (Wildman–Crippen MR) is 66.6 cm³/mol. The Balaban J connectivity index is 4.22. The second-order valence-electron chi connectivity index (χ2n) is 4.72. The van der Waals surface area contributed by atoms with Gasteiger partial charge in [0.05, 0.1) is 0 Å². The van der Waals surface area contributed by atoms with Crippen LogP contribution in [0.15, 0.2) is 0 Å². The van der Waals surface area contributed by atoms with Crippen LogP contribution in [0.3, 0.4) is 0 Å². The number of carbonyl (C=O) groups is 2. The molecular weight excluding hydrogens is 220 g/mol. The molecule has 0 saturated heterocycles. The molecule has 5 heteroatoms. The largest absolute Gasteiger partial charge is 0.481 e. The van der Waals surface area contributed by atoms with Gasteiger partial charge >= 0.3 is 5.97 Å². The summed E-state index contributed by atoms with van der Waals surface area (Å²) in [4.78, 5) is 24.1. The Morgan fingerprint density at radius 3 is 2.29 bits per heavy atom. The van der Waals surface area contributed by atoms with Crippen LogP contribution < -0.4 is 5.73 Å². The summed E-state index contributed by atoms with van der Waals surface area (Å²) in [5, 5.41) is 8.57. The average molecular weight is 244 g/mol. The van der Waals surface area contributed by atoms with Crippen LogP contribution in [0.5, 0.6) is 0 Å². The number of amides is 1. The first-order chi connectivity index (χ1) is 7.88. The number of nitrogens with zero attached hydrogens (tertiary/aromatic N) is 1. The highest BCUT2D eigenvalue weighted by Gasteiger charge is 2.18. The van der Waals surface area contributed by atoms with Gasteiger partial charge < -0.3 is 15.7 Å². The van der Waals surface area contributed by atoms with Crippen LogP contribution in [0.2, 0.25) is 0 Å². The lowest BCUT2D eigenvalue weighted by atomic mass is 10.1. The van der Waals surface area contributed by atoms with Gasteiger partial charge in [-0.3, -0.25) is 9.59 Å². The van der Waals surface area contributed by atoms with Gasteiger partial charge in [-0.2, -0.15) is 0 Å². The van der Waals surface area contributed by atoms with Crippen LogP contribution in [0, 0.1) is 5.92 Å². The fourth-order valence-corrected chi connectivity index (χ4v) is 1.57. The second kappa shape index (κ2) is 8.06. The van der Waals surface area contributed by atoms with Crippen molar-refractivity contribution in [1.82, 2.24) is 4.90 Å². The van der Waals surface area contributed by atoms with E-state index >= 15 is 0 Å². The van der Waals surface area contributed by atoms with E-state index in [0.29, 0.717) is 25.9 Å². The van der Waals surface area contributed by atoms with Crippen molar-refractivity contribution in [2.24, 2.45) is 11.7 Å². The Morgan fingerprint density at radius 2 is 1.88 bits per heavy atom. The maximum absolute atomic E-state index is 12.0. The zero-order valence-electron chi connectivity index (χ0n) is 11.0. The quantitative estimate of drug-likeness (QED) is 0.669. The first kappa shape index (κ1) is 15.9. The first-order valence-corrected chi connectivity index (χ1v) is 6.09. The molecule has 0 saturated carbocycles. The van der Waals surface area contributed by atoms with Crippen molar-refractivity contribution in [3.8, 4) is 0 Å². The van der Waals surface area contributed by atoms with Gasteiger partial charge in [-0.15, -0.1) is 0 Å². The lowest BCUT2D eigenvalue weighted by Crippen LogP contribution is -2.39. The van der Waals surface area contributed by atoms with Gasteiger partial charge in [-0.1, -0.05) is 6.92 Å². The zero-order valence-corrected chi connectivity index (χ0v) is 11.0. The number of nitrogens with two attached hydrogens (primary N) is 1. The van der Waals surface area contributed by atoms with Crippen molar-refractivity contribution in [2.75, 3.05) is 13.1 Å². The molecule has 100 valence electrons. The smallest absolute Gasteiger partial charge is 0.303 e. The van der Waals surface area contributed by atoms with E-state index in [4.69, 9.17) is 10.8 Å². The van der Waals surface area contributed by atoms with Gasteiger partial charge in [0.15, 0.2) is 0 Å². The molecule has 1 amide bonds. The average Bonchev–Trinajstić information content (AvgIpc) is 2.22. The van der Waals surface area contributed by atoms with Gasteiger partial charge in [0.25, 0.3) is 0 Å². The maximum Gasteiger partial charge on any atom is 0.303 e. The van der Waals surface area contributed by atoms with E-state index in [-0.39, 0.29) is 24.3 Å². The molecule has 17 heavy (non-hydrogen) atoms. The summed E-state index contributed by atoms with van der Waals surface area (Å²) in [7, 11) is 0. The van der Waals surface area contributed by atoms with E-state index in [9.17, 15) is 9.59 Å². The number of carboxylic acid groups (broad SMARTS) is 1. The molecule has 0 rings (SSSR count). The fourth-order valence-electron chi connectivity index (χ4n) is 1.57. The van der Waals surface area contributed by atoms with Gasteiger partial charge in [0, 0.05) is 25.4 Å². The van der Waals surface area contributed by atoms with Crippen molar-refractivity contribution in [2.45, 2.75) is 46.1 Å². The third-order valence-electron chi connectivity index (χ3n) is 2.66. The summed E-state index contributed by atoms with van der Waals surface area (Å²) < 4.78 is 0. The predicted octanol–water partition coefficient (Wildman–Crippen LogP) is 1.07. The van der Waals surface area contributed by atoms with E-state index in [1.165, 1.54) is 0 Å². The SMILES string of the molecule is CC(CN)CC(=O)N(CCCC(=O)O)C(C)C. The van der Waals surface area contributed by atoms with Crippen LogP contribution in [0.4, 0.5) is 0 Å². The normalized spacial score (nSPS) is 12.5. The van der Waals surface area contributed by atoms with Crippen molar-refractivity contribution >= 4 is 11.9 Å². The second-order valence-corrected chi connectivity index (χ2v) is 4.72. The lowest BCUT2D eigenvalue weighted by Gasteiger charge is -2.27. The molecule has 0 aromatic carbocycles. The van der Waals surface area contributed by atoms with Crippen LogP contribution in [-0.4, -0.2) is 41.0 Å². The standard InChI is InChI=1S/C12H24N2O3/c1-9(2)14(6-4-5-12(16)17)11(15)7-10(3)8-13/h9-10H,4-8,13H2,1-3H3,(H,16,17). The monoisotopic (exact) mass is 244 g/mol. The minimum Gasteiger partial charge on any atom is -0.481 e. The van der Waals surface area contributed by atoms with Crippen molar-refractivity contribution in [1.29, 1.82) is 0 Å². The van der Waals surface area contributed by atoms with Gasteiger partial charge in [0.1, 0.15) is 0 Å². The topological polar surface area (TPSA) is 83.6 Å². The van der Waals surface area contributed by atoms with Crippen LogP contribution in [0.1, 0.15) is 40.0 Å². The molecular formula is C12H24N2O3. The number of aliphatic carboxylic acids is 1. The summed E-state index contributed by atoms with van der Waals surface area (Å²) in [6, 6.07) is 0.0984. The zero-order chi connectivity index (χ0) is 13.4. The Hall–Kier alpha value is -1.10.